The van der Waals surface area contributed by atoms with Crippen LogP contribution >= 0.6 is 0 Å². The van der Waals surface area contributed by atoms with Crippen LogP contribution in [0.25, 0.3) is 0 Å². The van der Waals surface area contributed by atoms with Gasteiger partial charge in [-0.1, -0.05) is 12.1 Å². The summed E-state index contributed by atoms with van der Waals surface area (Å²) in [6.07, 6.45) is -12.1. The van der Waals surface area contributed by atoms with Crippen LogP contribution in [-0.4, -0.2) is 17.5 Å². The first kappa shape index (κ1) is 15.7. The van der Waals surface area contributed by atoms with E-state index in [-0.39, 0.29) is 11.1 Å². The first-order valence-electron chi connectivity index (χ1n) is 5.52. The Morgan fingerprint density at radius 3 is 1.89 bits per heavy atom. The summed E-state index contributed by atoms with van der Waals surface area (Å²) in [6.45, 7) is 0. The Bertz CT molecular complexity index is 421. The minimum Gasteiger partial charge on any atom is -0.508 e. The van der Waals surface area contributed by atoms with Gasteiger partial charge < -0.3 is 5.11 Å². The minimum absolute atomic E-state index is 0.0657. The SMILES string of the molecule is Oc1cccc(CCC(F)(F)F)c1CCC(F)(F)F. The molecule has 1 N–H and O–H groups in total. The first-order chi connectivity index (χ1) is 8.58. The molecule has 19 heavy (non-hydrogen) atoms. The third-order valence-electron chi connectivity index (χ3n) is 2.58. The van der Waals surface area contributed by atoms with E-state index in [0.717, 1.165) is 0 Å². The van der Waals surface area contributed by atoms with Crippen molar-refractivity contribution in [3.05, 3.63) is 29.3 Å². The number of rotatable bonds is 4. The topological polar surface area (TPSA) is 20.2 Å². The molecule has 0 unspecified atom stereocenters. The molecular formula is C12H12F6O. The molecule has 0 aliphatic carbocycles. The van der Waals surface area contributed by atoms with Gasteiger partial charge in [0, 0.05) is 12.8 Å². The van der Waals surface area contributed by atoms with Crippen molar-refractivity contribution in [1.82, 2.24) is 0 Å². The fraction of sp³-hybridized carbons (Fsp3) is 0.500. The number of phenolic OH excluding ortho intramolecular Hbond substituents is 1. The quantitative estimate of drug-likeness (QED) is 0.814. The van der Waals surface area contributed by atoms with Crippen molar-refractivity contribution in [1.29, 1.82) is 0 Å². The first-order valence-corrected chi connectivity index (χ1v) is 5.52. The molecule has 108 valence electrons. The highest BCUT2D eigenvalue weighted by atomic mass is 19.4. The molecule has 1 aromatic carbocycles. The summed E-state index contributed by atoms with van der Waals surface area (Å²) in [5.74, 6) is -0.399. The molecule has 0 amide bonds. The van der Waals surface area contributed by atoms with Gasteiger partial charge in [-0.2, -0.15) is 26.3 Å². The standard InChI is InChI=1S/C12H12F6O/c13-11(14,15)6-4-8-2-1-3-10(19)9(8)5-7-12(16,17)18/h1-3,19H,4-7H2. The van der Waals surface area contributed by atoms with Gasteiger partial charge in [0.25, 0.3) is 0 Å². The summed E-state index contributed by atoms with van der Waals surface area (Å²) in [4.78, 5) is 0. The number of alkyl halides is 6. The number of halogens is 6. The molecular weight excluding hydrogens is 274 g/mol. The summed E-state index contributed by atoms with van der Waals surface area (Å²) in [5, 5.41) is 9.47. The summed E-state index contributed by atoms with van der Waals surface area (Å²) in [7, 11) is 0. The van der Waals surface area contributed by atoms with E-state index in [0.29, 0.717) is 0 Å². The van der Waals surface area contributed by atoms with E-state index in [1.54, 1.807) is 0 Å². The third kappa shape index (κ3) is 5.85. The van der Waals surface area contributed by atoms with Crippen LogP contribution in [0.2, 0.25) is 0 Å². The summed E-state index contributed by atoms with van der Waals surface area (Å²) in [5.41, 5.74) is 0.0330. The van der Waals surface area contributed by atoms with Crippen LogP contribution in [0, 0.1) is 0 Å². The van der Waals surface area contributed by atoms with Gasteiger partial charge in [-0.15, -0.1) is 0 Å². The smallest absolute Gasteiger partial charge is 0.389 e. The van der Waals surface area contributed by atoms with Gasteiger partial charge in [-0.25, -0.2) is 0 Å². The average Bonchev–Trinajstić information content (AvgIpc) is 2.22. The van der Waals surface area contributed by atoms with Gasteiger partial charge >= 0.3 is 12.4 Å². The van der Waals surface area contributed by atoms with Gasteiger partial charge in [-0.05, 0) is 30.0 Å². The zero-order chi connectivity index (χ0) is 14.7. The van der Waals surface area contributed by atoms with Crippen LogP contribution in [-0.2, 0) is 12.8 Å². The zero-order valence-corrected chi connectivity index (χ0v) is 9.78. The molecule has 0 fully saturated rings. The third-order valence-corrected chi connectivity index (χ3v) is 2.58. The lowest BCUT2D eigenvalue weighted by atomic mass is 9.98. The summed E-state index contributed by atoms with van der Waals surface area (Å²) < 4.78 is 72.7. The number of hydrogen-bond donors (Lipinski definition) is 1. The largest absolute Gasteiger partial charge is 0.508 e. The Balaban J connectivity index is 2.83. The lowest BCUT2D eigenvalue weighted by molar-refractivity contribution is -0.135. The Hall–Kier alpha value is -1.40. The molecule has 0 saturated carbocycles. The number of phenols is 1. The molecule has 0 aromatic heterocycles. The number of aromatic hydroxyl groups is 1. The Kier molecular flexibility index (Phi) is 4.70. The van der Waals surface area contributed by atoms with E-state index >= 15 is 0 Å². The Morgan fingerprint density at radius 2 is 1.37 bits per heavy atom. The van der Waals surface area contributed by atoms with Crippen molar-refractivity contribution >= 4 is 0 Å². The van der Waals surface area contributed by atoms with Crippen LogP contribution in [0.1, 0.15) is 24.0 Å². The van der Waals surface area contributed by atoms with E-state index in [9.17, 15) is 31.4 Å². The Labute approximate surface area is 105 Å². The van der Waals surface area contributed by atoms with Crippen molar-refractivity contribution in [3.8, 4) is 5.75 Å². The highest BCUT2D eigenvalue weighted by Gasteiger charge is 2.29. The average molecular weight is 286 g/mol. The molecule has 1 rings (SSSR count). The van der Waals surface area contributed by atoms with Crippen LogP contribution in [0.5, 0.6) is 5.75 Å². The van der Waals surface area contributed by atoms with E-state index in [4.69, 9.17) is 0 Å². The maximum Gasteiger partial charge on any atom is 0.389 e. The lowest BCUT2D eigenvalue weighted by Gasteiger charge is -2.13. The van der Waals surface area contributed by atoms with Crippen molar-refractivity contribution in [3.63, 3.8) is 0 Å². The van der Waals surface area contributed by atoms with Crippen LogP contribution in [0.3, 0.4) is 0 Å². The van der Waals surface area contributed by atoms with Crippen LogP contribution < -0.4 is 0 Å². The molecule has 0 heterocycles. The van der Waals surface area contributed by atoms with Crippen LogP contribution in [0.4, 0.5) is 26.3 Å². The fourth-order valence-corrected chi connectivity index (χ4v) is 1.69. The van der Waals surface area contributed by atoms with Crippen molar-refractivity contribution in [2.24, 2.45) is 0 Å². The second-order valence-corrected chi connectivity index (χ2v) is 4.15. The van der Waals surface area contributed by atoms with E-state index in [1.807, 2.05) is 0 Å². The lowest BCUT2D eigenvalue weighted by Crippen LogP contribution is -2.12. The van der Waals surface area contributed by atoms with E-state index in [1.165, 1.54) is 18.2 Å². The van der Waals surface area contributed by atoms with Gasteiger partial charge in [0.1, 0.15) is 5.75 Å². The molecule has 1 aromatic rings. The maximum atomic E-state index is 12.1. The molecule has 1 nitrogen and oxygen atoms in total. The maximum absolute atomic E-state index is 12.1. The van der Waals surface area contributed by atoms with Gasteiger partial charge in [0.2, 0.25) is 0 Å². The zero-order valence-electron chi connectivity index (χ0n) is 9.78. The normalized spacial score (nSPS) is 12.7. The summed E-state index contributed by atoms with van der Waals surface area (Å²) >= 11 is 0. The molecule has 0 aliphatic rings. The highest BCUT2D eigenvalue weighted by Crippen LogP contribution is 2.30. The number of aryl methyl sites for hydroxylation is 1. The molecule has 0 radical (unpaired) electrons. The van der Waals surface area contributed by atoms with Crippen LogP contribution in [0.15, 0.2) is 18.2 Å². The highest BCUT2D eigenvalue weighted by molar-refractivity contribution is 5.39. The second kappa shape index (κ2) is 5.71. The molecule has 0 bridgehead atoms. The predicted octanol–water partition coefficient (Wildman–Crippen LogP) is 4.38. The monoisotopic (exact) mass is 286 g/mol. The van der Waals surface area contributed by atoms with Crippen molar-refractivity contribution < 1.29 is 31.4 Å². The van der Waals surface area contributed by atoms with Gasteiger partial charge in [-0.3, -0.25) is 0 Å². The number of hydrogen-bond acceptors (Lipinski definition) is 1. The predicted molar refractivity (Wildman–Crippen MR) is 56.9 cm³/mol. The van der Waals surface area contributed by atoms with E-state index < -0.39 is 43.8 Å². The molecule has 0 aliphatic heterocycles. The molecule has 0 atom stereocenters. The molecule has 0 saturated heterocycles. The second-order valence-electron chi connectivity index (χ2n) is 4.15. The van der Waals surface area contributed by atoms with E-state index in [2.05, 4.69) is 0 Å². The van der Waals surface area contributed by atoms with Crippen molar-refractivity contribution in [2.45, 2.75) is 38.0 Å². The fourth-order valence-electron chi connectivity index (χ4n) is 1.69. The van der Waals surface area contributed by atoms with Crippen molar-refractivity contribution in [2.75, 3.05) is 0 Å². The minimum atomic E-state index is -4.41. The summed E-state index contributed by atoms with van der Waals surface area (Å²) in [6, 6.07) is 3.79. The van der Waals surface area contributed by atoms with Gasteiger partial charge in [0.15, 0.2) is 0 Å². The molecule has 0 spiro atoms. The molecule has 7 heteroatoms. The van der Waals surface area contributed by atoms with Gasteiger partial charge in [0.05, 0.1) is 0 Å². The number of benzene rings is 1. The Morgan fingerprint density at radius 1 is 0.842 bits per heavy atom.